The molecule has 2 rings (SSSR count). The van der Waals surface area contributed by atoms with Crippen molar-refractivity contribution in [1.29, 1.82) is 0 Å². The molecule has 0 heterocycles. The molecule has 1 aliphatic carbocycles. The van der Waals surface area contributed by atoms with Crippen LogP contribution in [0.3, 0.4) is 0 Å². The van der Waals surface area contributed by atoms with Crippen LogP contribution in [-0.2, 0) is 15.1 Å². The lowest BCUT2D eigenvalue weighted by atomic mass is 9.89. The maximum absolute atomic E-state index is 12.2. The monoisotopic (exact) mass is 263 g/mol. The molecule has 0 radical (unpaired) electrons. The number of carbonyl (C=O) groups is 1. The molecule has 0 aromatic heterocycles. The van der Waals surface area contributed by atoms with E-state index < -0.39 is 5.54 Å². The summed E-state index contributed by atoms with van der Waals surface area (Å²) in [6, 6.07) is 6.22. The lowest BCUT2D eigenvalue weighted by Gasteiger charge is -2.30. The van der Waals surface area contributed by atoms with Crippen LogP contribution in [0.15, 0.2) is 18.2 Å². The van der Waals surface area contributed by atoms with Crippen molar-refractivity contribution in [3.05, 3.63) is 29.3 Å². The van der Waals surface area contributed by atoms with Gasteiger partial charge >= 0.3 is 5.97 Å². The Balaban J connectivity index is 2.47. The van der Waals surface area contributed by atoms with Gasteiger partial charge in [-0.15, -0.1) is 0 Å². The van der Waals surface area contributed by atoms with Gasteiger partial charge in [-0.05, 0) is 38.8 Å². The zero-order chi connectivity index (χ0) is 14.0. The summed E-state index contributed by atoms with van der Waals surface area (Å²) in [4.78, 5) is 12.2. The van der Waals surface area contributed by atoms with Gasteiger partial charge in [0.1, 0.15) is 11.3 Å². The fourth-order valence-electron chi connectivity index (χ4n) is 2.30. The number of carbonyl (C=O) groups excluding carboxylic acids is 1. The van der Waals surface area contributed by atoms with E-state index in [1.165, 1.54) is 7.11 Å². The highest BCUT2D eigenvalue weighted by Gasteiger charge is 2.42. The van der Waals surface area contributed by atoms with E-state index in [1.807, 2.05) is 32.0 Å². The number of esters is 1. The lowest BCUT2D eigenvalue weighted by Crippen LogP contribution is -2.48. The van der Waals surface area contributed by atoms with Crippen molar-refractivity contribution < 1.29 is 14.3 Å². The number of aryl methyl sites for hydroxylation is 1. The van der Waals surface area contributed by atoms with Gasteiger partial charge in [0.25, 0.3) is 0 Å². The Morgan fingerprint density at radius 1 is 1.37 bits per heavy atom. The summed E-state index contributed by atoms with van der Waals surface area (Å²) in [5.74, 6) is 0.412. The second kappa shape index (κ2) is 5.21. The van der Waals surface area contributed by atoms with E-state index in [0.29, 0.717) is 11.8 Å². The summed E-state index contributed by atoms with van der Waals surface area (Å²) in [6.07, 6.45) is 2.20. The highest BCUT2D eigenvalue weighted by molar-refractivity contribution is 5.83. The van der Waals surface area contributed by atoms with Crippen LogP contribution in [0.1, 0.15) is 30.9 Å². The van der Waals surface area contributed by atoms with Gasteiger partial charge in [-0.3, -0.25) is 5.32 Å². The van der Waals surface area contributed by atoms with Crippen molar-refractivity contribution in [1.82, 2.24) is 5.32 Å². The fraction of sp³-hybridized carbons (Fsp3) is 0.533. The van der Waals surface area contributed by atoms with Crippen LogP contribution in [0.4, 0.5) is 0 Å². The molecular weight excluding hydrogens is 242 g/mol. The third kappa shape index (κ3) is 2.73. The summed E-state index contributed by atoms with van der Waals surface area (Å²) in [5.41, 5.74) is 1.05. The Morgan fingerprint density at radius 2 is 2.05 bits per heavy atom. The maximum atomic E-state index is 12.2. The van der Waals surface area contributed by atoms with Gasteiger partial charge < -0.3 is 9.47 Å². The van der Waals surface area contributed by atoms with E-state index >= 15 is 0 Å². The number of benzene rings is 1. The number of methoxy groups -OCH3 is 2. The zero-order valence-electron chi connectivity index (χ0n) is 11.9. The van der Waals surface area contributed by atoms with Crippen LogP contribution in [0.25, 0.3) is 0 Å². The molecule has 104 valence electrons. The third-order valence-corrected chi connectivity index (χ3v) is 3.56. The second-order valence-electron chi connectivity index (χ2n) is 5.24. The van der Waals surface area contributed by atoms with E-state index in [-0.39, 0.29) is 5.97 Å². The van der Waals surface area contributed by atoms with E-state index in [2.05, 4.69) is 5.32 Å². The van der Waals surface area contributed by atoms with Crippen molar-refractivity contribution in [3.63, 3.8) is 0 Å². The predicted molar refractivity (Wildman–Crippen MR) is 73.3 cm³/mol. The van der Waals surface area contributed by atoms with Gasteiger partial charge in [0.2, 0.25) is 0 Å². The molecule has 4 nitrogen and oxygen atoms in total. The van der Waals surface area contributed by atoms with E-state index in [0.717, 1.165) is 24.0 Å². The molecule has 0 spiro atoms. The fourth-order valence-corrected chi connectivity index (χ4v) is 2.30. The van der Waals surface area contributed by atoms with Crippen LogP contribution in [0.2, 0.25) is 0 Å². The Kier molecular flexibility index (Phi) is 3.80. The quantitative estimate of drug-likeness (QED) is 0.827. The number of rotatable bonds is 5. The Hall–Kier alpha value is -1.55. The first kappa shape index (κ1) is 13.9. The van der Waals surface area contributed by atoms with Gasteiger partial charge in [0, 0.05) is 11.6 Å². The summed E-state index contributed by atoms with van der Waals surface area (Å²) in [5, 5.41) is 3.38. The van der Waals surface area contributed by atoms with Crippen molar-refractivity contribution in [2.75, 3.05) is 14.2 Å². The van der Waals surface area contributed by atoms with Crippen LogP contribution < -0.4 is 10.1 Å². The van der Waals surface area contributed by atoms with Crippen LogP contribution in [-0.4, -0.2) is 26.2 Å². The normalized spacial score (nSPS) is 17.7. The number of hydrogen-bond donors (Lipinski definition) is 1. The summed E-state index contributed by atoms with van der Waals surface area (Å²) in [6.45, 7) is 3.85. The molecule has 1 unspecified atom stereocenters. The van der Waals surface area contributed by atoms with Gasteiger partial charge in [0.15, 0.2) is 0 Å². The standard InChI is InChI=1S/C15H21NO3/c1-10-5-8-13(18-3)12(9-10)15(2,14(17)19-4)16-11-6-7-11/h5,8-9,11,16H,6-7H2,1-4H3. The highest BCUT2D eigenvalue weighted by atomic mass is 16.5. The first-order valence-electron chi connectivity index (χ1n) is 6.52. The molecule has 1 fully saturated rings. The average molecular weight is 263 g/mol. The Bertz CT molecular complexity index is 482. The smallest absolute Gasteiger partial charge is 0.330 e. The van der Waals surface area contributed by atoms with E-state index in [9.17, 15) is 4.79 Å². The third-order valence-electron chi connectivity index (χ3n) is 3.56. The summed E-state index contributed by atoms with van der Waals surface area (Å²) >= 11 is 0. The minimum atomic E-state index is -0.868. The van der Waals surface area contributed by atoms with Crippen molar-refractivity contribution in [3.8, 4) is 5.75 Å². The minimum absolute atomic E-state index is 0.289. The van der Waals surface area contributed by atoms with Crippen molar-refractivity contribution >= 4 is 5.97 Å². The number of nitrogens with one attached hydrogen (secondary N) is 1. The first-order chi connectivity index (χ1) is 9.01. The number of ether oxygens (including phenoxy) is 2. The van der Waals surface area contributed by atoms with Crippen LogP contribution >= 0.6 is 0 Å². The van der Waals surface area contributed by atoms with E-state index in [4.69, 9.17) is 9.47 Å². The number of hydrogen-bond acceptors (Lipinski definition) is 4. The van der Waals surface area contributed by atoms with Crippen molar-refractivity contribution in [2.45, 2.75) is 38.3 Å². The van der Waals surface area contributed by atoms with Crippen LogP contribution in [0, 0.1) is 6.92 Å². The summed E-state index contributed by atoms with van der Waals surface area (Å²) < 4.78 is 10.4. The molecule has 19 heavy (non-hydrogen) atoms. The zero-order valence-corrected chi connectivity index (χ0v) is 11.9. The molecule has 0 saturated heterocycles. The molecule has 1 atom stereocenters. The lowest BCUT2D eigenvalue weighted by molar-refractivity contribution is -0.148. The van der Waals surface area contributed by atoms with Gasteiger partial charge in [-0.25, -0.2) is 4.79 Å². The Labute approximate surface area is 114 Å². The molecule has 1 aliphatic rings. The maximum Gasteiger partial charge on any atom is 0.330 e. The topological polar surface area (TPSA) is 47.6 Å². The van der Waals surface area contributed by atoms with Crippen LogP contribution in [0.5, 0.6) is 5.75 Å². The SMILES string of the molecule is COC(=O)C(C)(NC1CC1)c1cc(C)ccc1OC. The first-order valence-corrected chi connectivity index (χ1v) is 6.52. The predicted octanol–water partition coefficient (Wildman–Crippen LogP) is 2.14. The molecule has 1 aromatic carbocycles. The highest BCUT2D eigenvalue weighted by Crippen LogP contribution is 2.35. The van der Waals surface area contributed by atoms with E-state index in [1.54, 1.807) is 7.11 Å². The van der Waals surface area contributed by atoms with Crippen molar-refractivity contribution in [2.24, 2.45) is 0 Å². The molecule has 1 saturated carbocycles. The minimum Gasteiger partial charge on any atom is -0.496 e. The molecule has 4 heteroatoms. The average Bonchev–Trinajstić information content (AvgIpc) is 3.21. The molecule has 0 amide bonds. The van der Waals surface area contributed by atoms with Gasteiger partial charge in [0.05, 0.1) is 14.2 Å². The molecule has 0 bridgehead atoms. The summed E-state index contributed by atoms with van der Waals surface area (Å²) in [7, 11) is 3.03. The van der Waals surface area contributed by atoms with Gasteiger partial charge in [-0.1, -0.05) is 11.6 Å². The molecule has 0 aliphatic heterocycles. The molecule has 1 aromatic rings. The molecular formula is C15H21NO3. The van der Waals surface area contributed by atoms with Gasteiger partial charge in [-0.2, -0.15) is 0 Å². The largest absolute Gasteiger partial charge is 0.496 e. The second-order valence-corrected chi connectivity index (χ2v) is 5.24. The Morgan fingerprint density at radius 3 is 2.58 bits per heavy atom. The molecule has 1 N–H and O–H groups in total.